The van der Waals surface area contributed by atoms with E-state index in [1.807, 2.05) is 0 Å². The van der Waals surface area contributed by atoms with Crippen LogP contribution < -0.4 is 0 Å². The standard InChI is InChI=1S/C89H154O17P2/c1-5-9-13-17-21-25-29-33-37-39-41-43-47-49-53-57-61-65-69-73-86(91)99-79-84(105-88(93)75-71-67-63-59-55-51-45-35-31-27-23-19-15-11-7-3)81-103-107(95,96)101-77-83(90)78-102-108(97,98)104-82-85(106-89(94)76-72-68-64-60-56-52-46-36-32-28-24-20-16-12-8-4)80-100-87(92)74-70-66-62-58-54-50-48-44-42-40-38-34-30-26-22-18-14-10-6-2/h9,13,21-22,24-26,28,33-38,41-46,83-85,90H,5-8,10-12,14-20,23,27,29-32,39-40,47-82H2,1-4H3,(H,95,96)(H,97,98)/b13-9-,25-21-,26-22-,28-24-,37-33-,38-34-,43-41-,44-42-,45-35-,46-36-. The van der Waals surface area contributed by atoms with Crippen LogP contribution in [0, 0.1) is 0 Å². The molecule has 0 spiro atoms. The minimum absolute atomic E-state index is 0.0745. The predicted octanol–water partition coefficient (Wildman–Crippen LogP) is 25.5. The van der Waals surface area contributed by atoms with Gasteiger partial charge in [-0.2, -0.15) is 0 Å². The molecule has 0 bridgehead atoms. The van der Waals surface area contributed by atoms with Crippen molar-refractivity contribution in [1.29, 1.82) is 0 Å². The van der Waals surface area contributed by atoms with E-state index in [-0.39, 0.29) is 25.7 Å². The van der Waals surface area contributed by atoms with E-state index in [1.54, 1.807) is 0 Å². The van der Waals surface area contributed by atoms with Crippen LogP contribution in [-0.4, -0.2) is 96.7 Å². The van der Waals surface area contributed by atoms with Gasteiger partial charge in [0.25, 0.3) is 0 Å². The number of esters is 4. The number of hydrogen-bond acceptors (Lipinski definition) is 15. The second-order valence-electron chi connectivity index (χ2n) is 28.4. The van der Waals surface area contributed by atoms with Crippen LogP contribution in [0.15, 0.2) is 122 Å². The Balaban J connectivity index is 5.39. The highest BCUT2D eigenvalue weighted by Crippen LogP contribution is 2.45. The van der Waals surface area contributed by atoms with E-state index >= 15 is 0 Å². The summed E-state index contributed by atoms with van der Waals surface area (Å²) in [6.07, 6.45) is 90.1. The summed E-state index contributed by atoms with van der Waals surface area (Å²) in [7, 11) is -9.98. The Morgan fingerprint density at radius 2 is 0.481 bits per heavy atom. The molecule has 0 radical (unpaired) electrons. The van der Waals surface area contributed by atoms with Crippen LogP contribution in [-0.2, 0) is 65.4 Å². The number of allylic oxidation sites excluding steroid dienone is 20. The van der Waals surface area contributed by atoms with Gasteiger partial charge >= 0.3 is 39.5 Å². The number of ether oxygens (including phenoxy) is 4. The molecule has 0 aliphatic carbocycles. The molecule has 0 aliphatic heterocycles. The normalized spacial score (nSPS) is 14.4. The first-order valence-electron chi connectivity index (χ1n) is 42.8. The van der Waals surface area contributed by atoms with Gasteiger partial charge in [-0.25, -0.2) is 9.13 Å². The molecular formula is C89H154O17P2. The number of phosphoric acid groups is 2. The molecule has 0 heterocycles. The molecule has 108 heavy (non-hydrogen) atoms. The molecule has 0 fully saturated rings. The van der Waals surface area contributed by atoms with E-state index in [1.165, 1.54) is 77.0 Å². The molecule has 3 N–H and O–H groups in total. The van der Waals surface area contributed by atoms with E-state index < -0.39 is 97.5 Å². The van der Waals surface area contributed by atoms with Gasteiger partial charge in [-0.1, -0.05) is 297 Å². The molecule has 0 aromatic rings. The summed E-state index contributed by atoms with van der Waals surface area (Å²) in [5.41, 5.74) is 0. The third kappa shape index (κ3) is 79.5. The van der Waals surface area contributed by atoms with Gasteiger partial charge < -0.3 is 33.8 Å². The third-order valence-corrected chi connectivity index (χ3v) is 19.8. The zero-order valence-electron chi connectivity index (χ0n) is 68.2. The Kier molecular flexibility index (Phi) is 77.1. The molecule has 0 aliphatic rings. The molecule has 5 atom stereocenters. The molecule has 0 rings (SSSR count). The summed E-state index contributed by atoms with van der Waals surface area (Å²) in [6, 6.07) is 0. The number of rotatable bonds is 80. The highest BCUT2D eigenvalue weighted by atomic mass is 31.2. The highest BCUT2D eigenvalue weighted by Gasteiger charge is 2.30. The quantitative estimate of drug-likeness (QED) is 0.0169. The lowest BCUT2D eigenvalue weighted by atomic mass is 10.1. The molecule has 5 unspecified atom stereocenters. The third-order valence-electron chi connectivity index (χ3n) is 17.9. The number of aliphatic hydroxyl groups is 1. The second-order valence-corrected chi connectivity index (χ2v) is 31.3. The van der Waals surface area contributed by atoms with Gasteiger partial charge in [0.15, 0.2) is 12.2 Å². The number of phosphoric ester groups is 2. The SMILES string of the molecule is CC/C=C\C/C=C\C/C=C\C/C=C\CCCCCCCCC(=O)OCC(COP(=O)(O)OCC(O)COP(=O)(O)OCC(COC(=O)CCCCCCCC/C=C\C/C=C\C/C=C\CCCCC)OC(=O)CCCCCCC/C=C\C/C=C\CCCCC)OC(=O)CCCCCCC/C=C\CCCCCCCC. The van der Waals surface area contributed by atoms with Crippen LogP contribution >= 0.6 is 15.6 Å². The Hall–Kier alpha value is -4.54. The van der Waals surface area contributed by atoms with Gasteiger partial charge in [0.2, 0.25) is 0 Å². The minimum atomic E-state index is -4.99. The smallest absolute Gasteiger partial charge is 0.462 e. The molecule has 0 saturated carbocycles. The largest absolute Gasteiger partial charge is 0.472 e. The summed E-state index contributed by atoms with van der Waals surface area (Å²) in [4.78, 5) is 73.2. The van der Waals surface area contributed by atoms with Crippen LogP contribution in [0.25, 0.3) is 0 Å². The van der Waals surface area contributed by atoms with E-state index in [0.29, 0.717) is 25.7 Å². The van der Waals surface area contributed by atoms with Crippen LogP contribution in [0.1, 0.15) is 362 Å². The van der Waals surface area contributed by atoms with Crippen molar-refractivity contribution in [3.8, 4) is 0 Å². The topological polar surface area (TPSA) is 237 Å². The molecule has 622 valence electrons. The van der Waals surface area contributed by atoms with Crippen LogP contribution in [0.4, 0.5) is 0 Å². The average molecular weight is 1560 g/mol. The zero-order chi connectivity index (χ0) is 78.9. The van der Waals surface area contributed by atoms with Crippen molar-refractivity contribution < 1.29 is 80.2 Å². The van der Waals surface area contributed by atoms with Crippen LogP contribution in [0.3, 0.4) is 0 Å². The molecule has 0 aromatic carbocycles. The maximum atomic E-state index is 13.1. The molecule has 0 saturated heterocycles. The van der Waals surface area contributed by atoms with E-state index in [9.17, 15) is 43.2 Å². The monoisotopic (exact) mass is 1560 g/mol. The van der Waals surface area contributed by atoms with E-state index in [4.69, 9.17) is 37.0 Å². The average Bonchev–Trinajstić information content (AvgIpc) is 0.923. The van der Waals surface area contributed by atoms with E-state index in [2.05, 4.69) is 149 Å². The number of hydrogen-bond donors (Lipinski definition) is 3. The zero-order valence-corrected chi connectivity index (χ0v) is 70.0. The Labute approximate surface area is 657 Å². The Morgan fingerprint density at radius 1 is 0.269 bits per heavy atom. The van der Waals surface area contributed by atoms with Crippen LogP contribution in [0.5, 0.6) is 0 Å². The molecule has 0 aromatic heterocycles. The predicted molar refractivity (Wildman–Crippen MR) is 445 cm³/mol. The van der Waals surface area contributed by atoms with E-state index in [0.717, 1.165) is 205 Å². The number of unbranched alkanes of at least 4 members (excludes halogenated alkanes) is 34. The summed E-state index contributed by atoms with van der Waals surface area (Å²) < 4.78 is 68.8. The summed E-state index contributed by atoms with van der Waals surface area (Å²) >= 11 is 0. The maximum absolute atomic E-state index is 13.1. The summed E-state index contributed by atoms with van der Waals surface area (Å²) in [5, 5.41) is 10.7. The van der Waals surface area contributed by atoms with Crippen molar-refractivity contribution >= 4 is 39.5 Å². The van der Waals surface area contributed by atoms with Crippen molar-refractivity contribution in [3.05, 3.63) is 122 Å². The van der Waals surface area contributed by atoms with Crippen LogP contribution in [0.2, 0.25) is 0 Å². The van der Waals surface area contributed by atoms with Gasteiger partial charge in [-0.3, -0.25) is 37.3 Å². The van der Waals surface area contributed by atoms with Gasteiger partial charge in [0, 0.05) is 25.7 Å². The minimum Gasteiger partial charge on any atom is -0.462 e. The number of carbonyl (C=O) groups is 4. The lowest BCUT2D eigenvalue weighted by Crippen LogP contribution is -2.30. The first kappa shape index (κ1) is 103. The number of aliphatic hydroxyl groups excluding tert-OH is 1. The Morgan fingerprint density at radius 3 is 0.769 bits per heavy atom. The van der Waals surface area contributed by atoms with Gasteiger partial charge in [-0.15, -0.1) is 0 Å². The van der Waals surface area contributed by atoms with Crippen molar-refractivity contribution in [2.24, 2.45) is 0 Å². The van der Waals surface area contributed by atoms with Crippen molar-refractivity contribution in [2.75, 3.05) is 39.6 Å². The van der Waals surface area contributed by atoms with Crippen molar-refractivity contribution in [1.82, 2.24) is 0 Å². The van der Waals surface area contributed by atoms with Crippen molar-refractivity contribution in [3.63, 3.8) is 0 Å². The second kappa shape index (κ2) is 80.5. The fraction of sp³-hybridized carbons (Fsp3) is 0.730. The number of carbonyl (C=O) groups excluding carboxylic acids is 4. The summed E-state index contributed by atoms with van der Waals surface area (Å²) in [5.74, 6) is -2.21. The highest BCUT2D eigenvalue weighted by molar-refractivity contribution is 7.47. The fourth-order valence-electron chi connectivity index (χ4n) is 11.4. The van der Waals surface area contributed by atoms with Gasteiger partial charge in [0.05, 0.1) is 26.4 Å². The van der Waals surface area contributed by atoms with Crippen molar-refractivity contribution in [2.45, 2.75) is 380 Å². The first-order valence-corrected chi connectivity index (χ1v) is 45.8. The van der Waals surface area contributed by atoms with Gasteiger partial charge in [0.1, 0.15) is 19.3 Å². The molecule has 0 amide bonds. The lowest BCUT2D eigenvalue weighted by Gasteiger charge is -2.21. The Bertz CT molecular complexity index is 2520. The maximum Gasteiger partial charge on any atom is 0.472 e. The molecular weight excluding hydrogens is 1400 g/mol. The summed E-state index contributed by atoms with van der Waals surface area (Å²) in [6.45, 7) is 4.70. The fourth-order valence-corrected chi connectivity index (χ4v) is 12.9. The first-order chi connectivity index (χ1) is 52.7. The molecule has 17 nitrogen and oxygen atoms in total. The van der Waals surface area contributed by atoms with Gasteiger partial charge in [-0.05, 0) is 161 Å². The molecule has 19 heteroatoms. The lowest BCUT2D eigenvalue weighted by molar-refractivity contribution is -0.161.